The van der Waals surface area contributed by atoms with E-state index in [9.17, 15) is 0 Å². The fourth-order valence-electron chi connectivity index (χ4n) is 2.46. The average molecular weight is 273 g/mol. The highest BCUT2D eigenvalue weighted by molar-refractivity contribution is 5.53. The highest BCUT2D eigenvalue weighted by Gasteiger charge is 2.35. The minimum absolute atomic E-state index is 0.242. The summed E-state index contributed by atoms with van der Waals surface area (Å²) in [5, 5.41) is 3.32. The summed E-state index contributed by atoms with van der Waals surface area (Å²) in [6.07, 6.45) is 4.67. The van der Waals surface area contributed by atoms with Gasteiger partial charge >= 0.3 is 0 Å². The van der Waals surface area contributed by atoms with Gasteiger partial charge in [-0.1, -0.05) is 18.2 Å². The Kier molecular flexibility index (Phi) is 3.71. The summed E-state index contributed by atoms with van der Waals surface area (Å²) in [4.78, 5) is 4.37. The molecular weight excluding hydrogens is 254 g/mol. The van der Waals surface area contributed by atoms with Gasteiger partial charge in [-0.2, -0.15) is 0 Å². The molecule has 1 atom stereocenters. The van der Waals surface area contributed by atoms with Gasteiger partial charge in [0.15, 0.2) is 0 Å². The molecule has 2 heterocycles. The third-order valence-electron chi connectivity index (χ3n) is 3.70. The number of hydrogen-bond donors (Lipinski definition) is 1. The van der Waals surface area contributed by atoms with Gasteiger partial charge in [0.2, 0.25) is 5.95 Å². The summed E-state index contributed by atoms with van der Waals surface area (Å²) >= 11 is 0. The van der Waals surface area contributed by atoms with Crippen molar-refractivity contribution in [3.8, 4) is 0 Å². The fourth-order valence-corrected chi connectivity index (χ4v) is 2.46. The molecule has 0 saturated carbocycles. The van der Waals surface area contributed by atoms with E-state index in [2.05, 4.69) is 14.9 Å². The molecule has 1 unspecified atom stereocenters. The molecule has 3 rings (SSSR count). The van der Waals surface area contributed by atoms with Crippen LogP contribution in [-0.4, -0.2) is 35.5 Å². The summed E-state index contributed by atoms with van der Waals surface area (Å²) in [5.74, 6) is 0.819. The number of aromatic nitrogens is 2. The molecule has 1 N–H and O–H groups in total. The maximum atomic E-state index is 5.68. The van der Waals surface area contributed by atoms with Gasteiger partial charge in [0.1, 0.15) is 5.60 Å². The summed E-state index contributed by atoms with van der Waals surface area (Å²) < 4.78 is 13.2. The maximum absolute atomic E-state index is 5.68. The molecule has 5 heteroatoms. The monoisotopic (exact) mass is 273 g/mol. The molecule has 1 saturated heterocycles. The van der Waals surface area contributed by atoms with Gasteiger partial charge < -0.3 is 19.4 Å². The smallest absolute Gasteiger partial charge is 0.207 e. The quantitative estimate of drug-likeness (QED) is 0.909. The number of anilines is 2. The first-order valence-corrected chi connectivity index (χ1v) is 6.77. The number of nitrogens with one attached hydrogen (secondary N) is 1. The summed E-state index contributed by atoms with van der Waals surface area (Å²) in [7, 11) is 1.75. The Morgan fingerprint density at radius 2 is 2.25 bits per heavy atom. The molecule has 1 aliphatic rings. The molecule has 1 aromatic heterocycles. The Labute approximate surface area is 118 Å². The molecular formula is C15H19N3O2. The minimum Gasteiger partial charge on any atom is -0.378 e. The highest BCUT2D eigenvalue weighted by Crippen LogP contribution is 2.26. The van der Waals surface area contributed by atoms with Crippen LogP contribution in [0.3, 0.4) is 0 Å². The van der Waals surface area contributed by atoms with Crippen molar-refractivity contribution in [3.05, 3.63) is 42.7 Å². The van der Waals surface area contributed by atoms with Crippen molar-refractivity contribution in [1.82, 2.24) is 9.55 Å². The number of methoxy groups -OCH3 is 1. The minimum atomic E-state index is -0.242. The lowest BCUT2D eigenvalue weighted by molar-refractivity contribution is -0.0291. The molecule has 0 spiro atoms. The Morgan fingerprint density at radius 3 is 2.95 bits per heavy atom. The van der Waals surface area contributed by atoms with E-state index in [0.717, 1.165) is 31.2 Å². The van der Waals surface area contributed by atoms with Crippen molar-refractivity contribution in [2.75, 3.05) is 25.6 Å². The molecule has 0 radical (unpaired) electrons. The van der Waals surface area contributed by atoms with Crippen LogP contribution in [0.4, 0.5) is 11.6 Å². The van der Waals surface area contributed by atoms with Crippen molar-refractivity contribution >= 4 is 11.6 Å². The van der Waals surface area contributed by atoms with Crippen LogP contribution < -0.4 is 5.32 Å². The molecule has 20 heavy (non-hydrogen) atoms. The van der Waals surface area contributed by atoms with Gasteiger partial charge in [0.25, 0.3) is 0 Å². The Bertz CT molecular complexity index is 547. The van der Waals surface area contributed by atoms with Crippen LogP contribution in [0, 0.1) is 0 Å². The lowest BCUT2D eigenvalue weighted by Crippen LogP contribution is -2.37. The zero-order valence-corrected chi connectivity index (χ0v) is 11.6. The fraction of sp³-hybridized carbons (Fsp3) is 0.400. The topological polar surface area (TPSA) is 48.3 Å². The van der Waals surface area contributed by atoms with Crippen LogP contribution in [0.25, 0.3) is 0 Å². The number of rotatable bonds is 5. The van der Waals surface area contributed by atoms with Crippen LogP contribution in [0.1, 0.15) is 6.42 Å². The number of hydrogen-bond acceptors (Lipinski definition) is 4. The van der Waals surface area contributed by atoms with Crippen LogP contribution in [-0.2, 0) is 16.0 Å². The van der Waals surface area contributed by atoms with Crippen molar-refractivity contribution in [3.63, 3.8) is 0 Å². The first kappa shape index (κ1) is 13.1. The molecule has 5 nitrogen and oxygen atoms in total. The van der Waals surface area contributed by atoms with Gasteiger partial charge in [-0.05, 0) is 12.1 Å². The number of para-hydroxylation sites is 1. The van der Waals surface area contributed by atoms with Crippen LogP contribution in [0.15, 0.2) is 42.7 Å². The number of benzene rings is 1. The number of nitrogens with zero attached hydrogens (tertiary/aromatic N) is 2. The highest BCUT2D eigenvalue weighted by atomic mass is 16.5. The summed E-state index contributed by atoms with van der Waals surface area (Å²) in [6, 6.07) is 10.0. The van der Waals surface area contributed by atoms with Crippen molar-refractivity contribution in [2.45, 2.75) is 18.6 Å². The van der Waals surface area contributed by atoms with Gasteiger partial charge in [0.05, 0.1) is 13.2 Å². The Hall–Kier alpha value is -1.85. The van der Waals surface area contributed by atoms with Gasteiger partial charge in [-0.15, -0.1) is 0 Å². The SMILES string of the molecule is COC1(Cn2ccnc2Nc2ccccc2)CCOC1. The van der Waals surface area contributed by atoms with Crippen molar-refractivity contribution < 1.29 is 9.47 Å². The first-order chi connectivity index (χ1) is 9.81. The van der Waals surface area contributed by atoms with E-state index in [-0.39, 0.29) is 5.60 Å². The average Bonchev–Trinajstić information content (AvgIpc) is 3.11. The van der Waals surface area contributed by atoms with E-state index in [1.165, 1.54) is 0 Å². The predicted octanol–water partition coefficient (Wildman–Crippen LogP) is 2.43. The predicted molar refractivity (Wildman–Crippen MR) is 77.1 cm³/mol. The number of ether oxygens (including phenoxy) is 2. The van der Waals surface area contributed by atoms with E-state index in [1.54, 1.807) is 13.3 Å². The molecule has 1 aromatic carbocycles. The number of imidazole rings is 1. The Morgan fingerprint density at radius 1 is 1.40 bits per heavy atom. The van der Waals surface area contributed by atoms with Gasteiger partial charge in [0, 0.05) is 38.2 Å². The molecule has 1 fully saturated rings. The molecule has 2 aromatic rings. The molecule has 1 aliphatic heterocycles. The van der Waals surface area contributed by atoms with Crippen LogP contribution in [0.5, 0.6) is 0 Å². The zero-order chi connectivity index (χ0) is 13.8. The second kappa shape index (κ2) is 5.64. The van der Waals surface area contributed by atoms with E-state index in [1.807, 2.05) is 36.5 Å². The third kappa shape index (κ3) is 2.69. The van der Waals surface area contributed by atoms with Crippen LogP contribution in [0.2, 0.25) is 0 Å². The van der Waals surface area contributed by atoms with E-state index >= 15 is 0 Å². The molecule has 0 amide bonds. The second-order valence-electron chi connectivity index (χ2n) is 5.06. The molecule has 0 bridgehead atoms. The van der Waals surface area contributed by atoms with Crippen LogP contribution >= 0.6 is 0 Å². The zero-order valence-electron chi connectivity index (χ0n) is 11.6. The van der Waals surface area contributed by atoms with Crippen molar-refractivity contribution in [1.29, 1.82) is 0 Å². The van der Waals surface area contributed by atoms with Crippen molar-refractivity contribution in [2.24, 2.45) is 0 Å². The third-order valence-corrected chi connectivity index (χ3v) is 3.70. The Balaban J connectivity index is 1.76. The lowest BCUT2D eigenvalue weighted by atomic mass is 10.0. The second-order valence-corrected chi connectivity index (χ2v) is 5.06. The maximum Gasteiger partial charge on any atom is 0.207 e. The van der Waals surface area contributed by atoms with Gasteiger partial charge in [-0.25, -0.2) is 4.98 Å². The molecule has 0 aliphatic carbocycles. The lowest BCUT2D eigenvalue weighted by Gasteiger charge is -2.26. The van der Waals surface area contributed by atoms with Gasteiger partial charge in [-0.3, -0.25) is 0 Å². The largest absolute Gasteiger partial charge is 0.378 e. The molecule has 106 valence electrons. The van der Waals surface area contributed by atoms with E-state index < -0.39 is 0 Å². The normalized spacial score (nSPS) is 22.1. The standard InChI is InChI=1S/C15H19N3O2/c1-19-15(7-10-20-12-15)11-18-9-8-16-14(18)17-13-5-3-2-4-6-13/h2-6,8-9H,7,10-12H2,1H3,(H,16,17). The van der Waals surface area contributed by atoms with E-state index in [0.29, 0.717) is 6.61 Å². The summed E-state index contributed by atoms with van der Waals surface area (Å²) in [6.45, 7) is 2.12. The van der Waals surface area contributed by atoms with E-state index in [4.69, 9.17) is 9.47 Å². The summed E-state index contributed by atoms with van der Waals surface area (Å²) in [5.41, 5.74) is 0.780. The first-order valence-electron chi connectivity index (χ1n) is 6.77.